The number of benzene rings is 2. The van der Waals surface area contributed by atoms with Crippen LogP contribution >= 0.6 is 31.9 Å². The Balaban J connectivity index is 2.48. The third-order valence-corrected chi connectivity index (χ3v) is 3.65. The lowest BCUT2D eigenvalue weighted by atomic mass is 10.1. The van der Waals surface area contributed by atoms with Gasteiger partial charge in [-0.3, -0.25) is 0 Å². The summed E-state index contributed by atoms with van der Waals surface area (Å²) < 4.78 is 7.79. The zero-order valence-corrected chi connectivity index (χ0v) is 12.1. The van der Waals surface area contributed by atoms with Crippen molar-refractivity contribution in [3.05, 3.63) is 39.3 Å². The van der Waals surface area contributed by atoms with Crippen molar-refractivity contribution >= 4 is 42.6 Å². The van der Waals surface area contributed by atoms with E-state index >= 15 is 0 Å². The standard InChI is InChI=1S/C13H12Br2O/c1-2-7-16-12-6-3-9-8-10(14)4-5-11(9)13(12)15/h3-6,8H,2,7H2,1H3. The highest BCUT2D eigenvalue weighted by molar-refractivity contribution is 9.11. The molecule has 2 rings (SSSR count). The van der Waals surface area contributed by atoms with E-state index in [9.17, 15) is 0 Å². The van der Waals surface area contributed by atoms with E-state index in [2.05, 4.69) is 57.0 Å². The molecule has 84 valence electrons. The Morgan fingerprint density at radius 2 is 1.94 bits per heavy atom. The Bertz CT molecular complexity index is 509. The number of hydrogen-bond acceptors (Lipinski definition) is 1. The highest BCUT2D eigenvalue weighted by atomic mass is 79.9. The molecule has 0 aliphatic rings. The van der Waals surface area contributed by atoms with Crippen LogP contribution in [-0.4, -0.2) is 6.61 Å². The van der Waals surface area contributed by atoms with Crippen molar-refractivity contribution in [2.45, 2.75) is 13.3 Å². The summed E-state index contributed by atoms with van der Waals surface area (Å²) in [5, 5.41) is 2.38. The molecule has 1 nitrogen and oxygen atoms in total. The average Bonchev–Trinajstić information content (AvgIpc) is 2.28. The third kappa shape index (κ3) is 2.41. The van der Waals surface area contributed by atoms with Crippen LogP contribution in [0.2, 0.25) is 0 Å². The van der Waals surface area contributed by atoms with E-state index < -0.39 is 0 Å². The van der Waals surface area contributed by atoms with Crippen LogP contribution in [-0.2, 0) is 0 Å². The van der Waals surface area contributed by atoms with Gasteiger partial charge in [0.2, 0.25) is 0 Å². The lowest BCUT2D eigenvalue weighted by Gasteiger charge is -2.09. The van der Waals surface area contributed by atoms with Crippen molar-refractivity contribution in [1.29, 1.82) is 0 Å². The average molecular weight is 344 g/mol. The minimum Gasteiger partial charge on any atom is -0.492 e. The van der Waals surface area contributed by atoms with Crippen LogP contribution < -0.4 is 4.74 Å². The maximum Gasteiger partial charge on any atom is 0.134 e. The van der Waals surface area contributed by atoms with E-state index in [1.807, 2.05) is 12.1 Å². The van der Waals surface area contributed by atoms with E-state index in [4.69, 9.17) is 4.74 Å². The van der Waals surface area contributed by atoms with E-state index in [0.29, 0.717) is 0 Å². The van der Waals surface area contributed by atoms with Crippen LogP contribution in [0.5, 0.6) is 5.75 Å². The normalized spacial score (nSPS) is 10.7. The van der Waals surface area contributed by atoms with Gasteiger partial charge in [0.05, 0.1) is 11.1 Å². The predicted molar refractivity (Wildman–Crippen MR) is 75.1 cm³/mol. The van der Waals surface area contributed by atoms with Crippen LogP contribution in [0.25, 0.3) is 10.8 Å². The molecule has 0 radical (unpaired) electrons. The van der Waals surface area contributed by atoms with Crippen molar-refractivity contribution in [1.82, 2.24) is 0 Å². The summed E-state index contributed by atoms with van der Waals surface area (Å²) in [5.74, 6) is 0.914. The van der Waals surface area contributed by atoms with E-state index in [1.165, 1.54) is 10.8 Å². The van der Waals surface area contributed by atoms with Crippen molar-refractivity contribution in [2.75, 3.05) is 6.61 Å². The predicted octanol–water partition coefficient (Wildman–Crippen LogP) is 5.15. The van der Waals surface area contributed by atoms with Crippen LogP contribution in [0.4, 0.5) is 0 Å². The summed E-state index contributed by atoms with van der Waals surface area (Å²) in [4.78, 5) is 0. The Labute approximate surface area is 112 Å². The molecule has 0 saturated heterocycles. The van der Waals surface area contributed by atoms with Crippen LogP contribution in [0.3, 0.4) is 0 Å². The summed E-state index contributed by atoms with van der Waals surface area (Å²) >= 11 is 7.07. The third-order valence-electron chi connectivity index (χ3n) is 2.34. The zero-order valence-electron chi connectivity index (χ0n) is 8.97. The van der Waals surface area contributed by atoms with Crippen molar-refractivity contribution in [2.24, 2.45) is 0 Å². The summed E-state index contributed by atoms with van der Waals surface area (Å²) in [6.07, 6.45) is 1.02. The Hall–Kier alpha value is -0.540. The first kappa shape index (κ1) is 11.9. The van der Waals surface area contributed by atoms with Gasteiger partial charge in [-0.15, -0.1) is 0 Å². The van der Waals surface area contributed by atoms with Gasteiger partial charge >= 0.3 is 0 Å². The molecule has 0 aliphatic carbocycles. The number of hydrogen-bond donors (Lipinski definition) is 0. The number of ether oxygens (including phenoxy) is 1. The Morgan fingerprint density at radius 1 is 1.12 bits per heavy atom. The first-order valence-corrected chi connectivity index (χ1v) is 6.81. The molecule has 2 aromatic carbocycles. The largest absolute Gasteiger partial charge is 0.492 e. The van der Waals surface area contributed by atoms with Gasteiger partial charge in [-0.05, 0) is 51.3 Å². The molecule has 0 bridgehead atoms. The first-order valence-electron chi connectivity index (χ1n) is 5.23. The minimum absolute atomic E-state index is 0.751. The maximum atomic E-state index is 5.67. The van der Waals surface area contributed by atoms with Gasteiger partial charge in [-0.25, -0.2) is 0 Å². The molecular formula is C13H12Br2O. The highest BCUT2D eigenvalue weighted by Gasteiger charge is 2.06. The molecule has 0 fully saturated rings. The molecule has 0 aromatic heterocycles. The monoisotopic (exact) mass is 342 g/mol. The second-order valence-electron chi connectivity index (χ2n) is 3.59. The summed E-state index contributed by atoms with van der Waals surface area (Å²) in [5.41, 5.74) is 0. The number of rotatable bonds is 3. The molecule has 2 aromatic rings. The second-order valence-corrected chi connectivity index (χ2v) is 5.30. The van der Waals surface area contributed by atoms with E-state index in [1.54, 1.807) is 0 Å². The lowest BCUT2D eigenvalue weighted by Crippen LogP contribution is -1.95. The fourth-order valence-corrected chi connectivity index (χ4v) is 2.55. The van der Waals surface area contributed by atoms with Gasteiger partial charge in [0.25, 0.3) is 0 Å². The molecular weight excluding hydrogens is 332 g/mol. The van der Waals surface area contributed by atoms with Crippen LogP contribution in [0.1, 0.15) is 13.3 Å². The minimum atomic E-state index is 0.751. The van der Waals surface area contributed by atoms with E-state index in [-0.39, 0.29) is 0 Å². The van der Waals surface area contributed by atoms with Crippen molar-refractivity contribution in [3.63, 3.8) is 0 Å². The fourth-order valence-electron chi connectivity index (χ4n) is 1.57. The Kier molecular flexibility index (Phi) is 3.87. The second kappa shape index (κ2) is 5.19. The summed E-state index contributed by atoms with van der Waals surface area (Å²) in [6.45, 7) is 2.85. The molecule has 0 N–H and O–H groups in total. The maximum absolute atomic E-state index is 5.67. The molecule has 0 spiro atoms. The van der Waals surface area contributed by atoms with Crippen LogP contribution in [0.15, 0.2) is 39.3 Å². The first-order chi connectivity index (χ1) is 7.72. The molecule has 0 amide bonds. The van der Waals surface area contributed by atoms with Gasteiger partial charge in [-0.2, -0.15) is 0 Å². The molecule has 3 heteroatoms. The molecule has 0 aliphatic heterocycles. The van der Waals surface area contributed by atoms with Gasteiger partial charge < -0.3 is 4.74 Å². The smallest absolute Gasteiger partial charge is 0.134 e. The summed E-state index contributed by atoms with van der Waals surface area (Å²) in [7, 11) is 0. The summed E-state index contributed by atoms with van der Waals surface area (Å²) in [6, 6.07) is 10.3. The number of fused-ring (bicyclic) bond motifs is 1. The van der Waals surface area contributed by atoms with Crippen LogP contribution in [0, 0.1) is 0 Å². The molecule has 0 unspecified atom stereocenters. The van der Waals surface area contributed by atoms with Crippen molar-refractivity contribution in [3.8, 4) is 5.75 Å². The SMILES string of the molecule is CCCOc1ccc2cc(Br)ccc2c1Br. The number of halogens is 2. The quantitative estimate of drug-likeness (QED) is 0.748. The van der Waals surface area contributed by atoms with Gasteiger partial charge in [-0.1, -0.05) is 35.0 Å². The fraction of sp³-hybridized carbons (Fsp3) is 0.231. The van der Waals surface area contributed by atoms with Crippen molar-refractivity contribution < 1.29 is 4.74 Å². The van der Waals surface area contributed by atoms with Gasteiger partial charge in [0.1, 0.15) is 5.75 Å². The van der Waals surface area contributed by atoms with E-state index in [0.717, 1.165) is 27.7 Å². The van der Waals surface area contributed by atoms with Gasteiger partial charge in [0.15, 0.2) is 0 Å². The molecule has 0 atom stereocenters. The van der Waals surface area contributed by atoms with Gasteiger partial charge in [0, 0.05) is 4.47 Å². The topological polar surface area (TPSA) is 9.23 Å². The highest BCUT2D eigenvalue weighted by Crippen LogP contribution is 2.34. The molecule has 0 saturated carbocycles. The lowest BCUT2D eigenvalue weighted by molar-refractivity contribution is 0.316. The zero-order chi connectivity index (χ0) is 11.5. The molecule has 0 heterocycles. The molecule has 16 heavy (non-hydrogen) atoms. The Morgan fingerprint density at radius 3 is 2.69 bits per heavy atom.